The third kappa shape index (κ3) is 1.92. The molecule has 0 aliphatic carbocycles. The van der Waals surface area contributed by atoms with Gasteiger partial charge in [-0.15, -0.1) is 0 Å². The van der Waals surface area contributed by atoms with Gasteiger partial charge in [0, 0.05) is 11.4 Å². The van der Waals surface area contributed by atoms with Crippen LogP contribution in [0.1, 0.15) is 16.5 Å². The molecule has 3 rings (SSSR count). The van der Waals surface area contributed by atoms with Crippen LogP contribution in [0, 0.1) is 0 Å². The van der Waals surface area contributed by atoms with E-state index in [4.69, 9.17) is 0 Å². The van der Waals surface area contributed by atoms with E-state index in [0.29, 0.717) is 0 Å². The predicted molar refractivity (Wildman–Crippen MR) is 68.9 cm³/mol. The molecule has 1 N–H and O–H groups in total. The summed E-state index contributed by atoms with van der Waals surface area (Å²) < 4.78 is 12.5. The van der Waals surface area contributed by atoms with Gasteiger partial charge in [0.25, 0.3) is 0 Å². The number of benzene rings is 2. The van der Waals surface area contributed by atoms with E-state index in [1.54, 1.807) is 0 Å². The van der Waals surface area contributed by atoms with E-state index in [0.717, 1.165) is 17.0 Å². The highest BCUT2D eigenvalue weighted by Gasteiger charge is 2.27. The van der Waals surface area contributed by atoms with Crippen molar-refractivity contribution >= 4 is 10.8 Å². The van der Waals surface area contributed by atoms with Crippen LogP contribution in [0.15, 0.2) is 59.5 Å². The van der Waals surface area contributed by atoms with Crippen molar-refractivity contribution in [3.8, 4) is 0 Å². The summed E-state index contributed by atoms with van der Waals surface area (Å²) >= 11 is 0. The van der Waals surface area contributed by atoms with Gasteiger partial charge in [0.05, 0.1) is 10.8 Å². The Hall–Kier alpha value is -1.45. The Labute approximate surface area is 103 Å². The van der Waals surface area contributed by atoms with Crippen LogP contribution in [0.25, 0.3) is 0 Å². The lowest BCUT2D eigenvalue weighted by molar-refractivity contribution is 0.652. The van der Waals surface area contributed by atoms with E-state index in [1.807, 2.05) is 42.5 Å². The lowest BCUT2D eigenvalue weighted by atomic mass is 10.1. The molecule has 0 radical (unpaired) electrons. The third-order valence-electron chi connectivity index (χ3n) is 3.01. The molecule has 3 heteroatoms. The lowest BCUT2D eigenvalue weighted by Crippen LogP contribution is -2.17. The largest absolute Gasteiger partial charge is 0.295 e. The number of nitrogens with one attached hydrogen (secondary N) is 1. The van der Waals surface area contributed by atoms with Crippen LogP contribution < -0.4 is 5.32 Å². The molecule has 0 aromatic heterocycles. The van der Waals surface area contributed by atoms with Gasteiger partial charge < -0.3 is 0 Å². The predicted octanol–water partition coefficient (Wildman–Crippen LogP) is 2.60. The normalized spacial score (nSPS) is 19.9. The second kappa shape index (κ2) is 4.43. The number of rotatable bonds is 2. The van der Waals surface area contributed by atoms with Gasteiger partial charge in [-0.05, 0) is 23.3 Å². The molecule has 2 aromatic carbocycles. The maximum Gasteiger partial charge on any atom is 0.114 e. The summed E-state index contributed by atoms with van der Waals surface area (Å²) in [6, 6.07) is 17.8. The molecule has 0 amide bonds. The van der Waals surface area contributed by atoms with Crippen LogP contribution in [0.3, 0.4) is 0 Å². The van der Waals surface area contributed by atoms with E-state index < -0.39 is 10.8 Å². The first-order valence-corrected chi connectivity index (χ1v) is 6.84. The van der Waals surface area contributed by atoms with Gasteiger partial charge in [-0.1, -0.05) is 42.5 Å². The topological polar surface area (TPSA) is 29.1 Å². The molecule has 2 nitrogen and oxygen atoms in total. The summed E-state index contributed by atoms with van der Waals surface area (Å²) in [6.45, 7) is 0.805. The molecule has 1 heterocycles. The fraction of sp³-hybridized carbons (Fsp3) is 0.143. The summed E-state index contributed by atoms with van der Waals surface area (Å²) in [6.07, 6.45) is 0. The van der Waals surface area contributed by atoms with Crippen molar-refractivity contribution in [1.29, 1.82) is 0 Å². The van der Waals surface area contributed by atoms with Crippen LogP contribution >= 0.6 is 0 Å². The summed E-state index contributed by atoms with van der Waals surface area (Å²) in [4.78, 5) is 0.877. The standard InChI is InChI=1S/C14H13NOS/c16-17(12-7-2-1-3-8-12)14-13-9-5-4-6-11(13)10-15-14/h1-9,14-15H,10H2. The van der Waals surface area contributed by atoms with Crippen LogP contribution in [0.4, 0.5) is 0 Å². The van der Waals surface area contributed by atoms with Crippen LogP contribution in [0.5, 0.6) is 0 Å². The van der Waals surface area contributed by atoms with Crippen molar-refractivity contribution in [2.75, 3.05) is 0 Å². The molecule has 86 valence electrons. The Balaban J connectivity index is 1.95. The van der Waals surface area contributed by atoms with Crippen molar-refractivity contribution in [1.82, 2.24) is 5.32 Å². The minimum absolute atomic E-state index is 0.0754. The van der Waals surface area contributed by atoms with Crippen LogP contribution in [-0.2, 0) is 17.3 Å². The van der Waals surface area contributed by atoms with Crippen molar-refractivity contribution in [3.05, 3.63) is 65.7 Å². The van der Waals surface area contributed by atoms with Gasteiger partial charge in [0.2, 0.25) is 0 Å². The molecule has 2 atom stereocenters. The minimum atomic E-state index is -1.03. The number of hydrogen-bond donors (Lipinski definition) is 1. The van der Waals surface area contributed by atoms with Crippen molar-refractivity contribution in [2.45, 2.75) is 16.8 Å². The molecular weight excluding hydrogens is 230 g/mol. The van der Waals surface area contributed by atoms with E-state index in [-0.39, 0.29) is 5.37 Å². The zero-order chi connectivity index (χ0) is 11.7. The lowest BCUT2D eigenvalue weighted by Gasteiger charge is -2.11. The minimum Gasteiger partial charge on any atom is -0.295 e. The highest BCUT2D eigenvalue weighted by Crippen LogP contribution is 2.30. The number of hydrogen-bond acceptors (Lipinski definition) is 2. The Kier molecular flexibility index (Phi) is 2.79. The Morgan fingerprint density at radius 2 is 1.71 bits per heavy atom. The van der Waals surface area contributed by atoms with Gasteiger partial charge in [0.15, 0.2) is 0 Å². The fourth-order valence-electron chi connectivity index (χ4n) is 2.15. The maximum absolute atomic E-state index is 12.5. The second-order valence-electron chi connectivity index (χ2n) is 4.07. The fourth-order valence-corrected chi connectivity index (χ4v) is 3.54. The van der Waals surface area contributed by atoms with E-state index in [9.17, 15) is 4.21 Å². The molecule has 2 aromatic rings. The summed E-state index contributed by atoms with van der Waals surface area (Å²) in [5.41, 5.74) is 2.41. The summed E-state index contributed by atoms with van der Waals surface area (Å²) in [5, 5.41) is 3.24. The zero-order valence-corrected chi connectivity index (χ0v) is 10.1. The van der Waals surface area contributed by atoms with Crippen molar-refractivity contribution < 1.29 is 4.21 Å². The van der Waals surface area contributed by atoms with E-state index in [2.05, 4.69) is 17.4 Å². The first-order valence-electron chi connectivity index (χ1n) is 5.63. The van der Waals surface area contributed by atoms with Gasteiger partial charge in [-0.25, -0.2) is 0 Å². The third-order valence-corrected chi connectivity index (χ3v) is 4.59. The SMILES string of the molecule is O=S(c1ccccc1)C1NCc2ccccc21. The smallest absolute Gasteiger partial charge is 0.114 e. The Bertz CT molecular complexity index is 553. The van der Waals surface area contributed by atoms with Crippen molar-refractivity contribution in [3.63, 3.8) is 0 Å². The van der Waals surface area contributed by atoms with Gasteiger partial charge in [-0.3, -0.25) is 9.53 Å². The molecule has 1 aliphatic rings. The molecule has 17 heavy (non-hydrogen) atoms. The molecule has 1 aliphatic heterocycles. The highest BCUT2D eigenvalue weighted by atomic mass is 32.2. The first kappa shape index (κ1) is 10.7. The second-order valence-corrected chi connectivity index (χ2v) is 5.61. The Morgan fingerprint density at radius 1 is 1.00 bits per heavy atom. The monoisotopic (exact) mass is 243 g/mol. The average Bonchev–Trinajstić information content (AvgIpc) is 2.83. The molecule has 0 fully saturated rings. The number of fused-ring (bicyclic) bond motifs is 1. The van der Waals surface area contributed by atoms with E-state index >= 15 is 0 Å². The van der Waals surface area contributed by atoms with E-state index in [1.165, 1.54) is 5.56 Å². The highest BCUT2D eigenvalue weighted by molar-refractivity contribution is 7.85. The van der Waals surface area contributed by atoms with Crippen LogP contribution in [0.2, 0.25) is 0 Å². The molecular formula is C14H13NOS. The molecule has 0 saturated heterocycles. The van der Waals surface area contributed by atoms with Gasteiger partial charge in [-0.2, -0.15) is 0 Å². The molecule has 0 spiro atoms. The van der Waals surface area contributed by atoms with Crippen molar-refractivity contribution in [2.24, 2.45) is 0 Å². The maximum atomic E-state index is 12.5. The molecule has 0 saturated carbocycles. The first-order chi connectivity index (χ1) is 8.36. The quantitative estimate of drug-likeness (QED) is 0.878. The average molecular weight is 243 g/mol. The summed E-state index contributed by atoms with van der Waals surface area (Å²) in [5.74, 6) is 0. The van der Waals surface area contributed by atoms with Crippen LogP contribution in [-0.4, -0.2) is 4.21 Å². The molecule has 2 unspecified atom stereocenters. The zero-order valence-electron chi connectivity index (χ0n) is 9.30. The van der Waals surface area contributed by atoms with Gasteiger partial charge >= 0.3 is 0 Å². The molecule has 0 bridgehead atoms. The Morgan fingerprint density at radius 3 is 2.53 bits per heavy atom. The van der Waals surface area contributed by atoms with Gasteiger partial charge in [0.1, 0.15) is 5.37 Å². The summed E-state index contributed by atoms with van der Waals surface area (Å²) in [7, 11) is -1.03.